The topological polar surface area (TPSA) is 21.3 Å². The number of halogens is 1. The van der Waals surface area contributed by atoms with E-state index in [4.69, 9.17) is 16.3 Å². The number of unbranched alkanes of at least 4 members (excludes halogenated alkanes) is 1. The van der Waals surface area contributed by atoms with Crippen LogP contribution in [0.5, 0.6) is 5.75 Å². The number of nitrogens with one attached hydrogen (secondary N) is 1. The van der Waals surface area contributed by atoms with Crippen LogP contribution in [0.2, 0.25) is 5.02 Å². The Morgan fingerprint density at radius 2 is 2.21 bits per heavy atom. The van der Waals surface area contributed by atoms with Crippen LogP contribution in [0, 0.1) is 0 Å². The Morgan fingerprint density at radius 3 is 2.86 bits per heavy atom. The average Bonchev–Trinajstić information content (AvgIpc) is 2.21. The third-order valence-corrected chi connectivity index (χ3v) is 2.35. The first-order valence-electron chi connectivity index (χ1n) is 4.85. The molecule has 1 aromatic carbocycles. The summed E-state index contributed by atoms with van der Waals surface area (Å²) in [6.07, 6.45) is 2.32. The molecule has 0 radical (unpaired) electrons. The number of hydrogen-bond acceptors (Lipinski definition) is 2. The van der Waals surface area contributed by atoms with Crippen molar-refractivity contribution in [3.8, 4) is 5.75 Å². The maximum Gasteiger partial charge on any atom is 0.121 e. The molecule has 0 aliphatic heterocycles. The van der Waals surface area contributed by atoms with Gasteiger partial charge in [-0.05, 0) is 18.6 Å². The van der Waals surface area contributed by atoms with Gasteiger partial charge in [-0.15, -0.1) is 0 Å². The summed E-state index contributed by atoms with van der Waals surface area (Å²) < 4.78 is 5.12. The first-order valence-corrected chi connectivity index (χ1v) is 5.23. The highest BCUT2D eigenvalue weighted by Gasteiger charge is 2.00. The van der Waals surface area contributed by atoms with Crippen molar-refractivity contribution in [2.45, 2.75) is 19.8 Å². The van der Waals surface area contributed by atoms with Crippen molar-refractivity contribution < 1.29 is 4.74 Å². The Kier molecular flexibility index (Phi) is 4.60. The van der Waals surface area contributed by atoms with Crippen molar-refractivity contribution in [1.82, 2.24) is 0 Å². The van der Waals surface area contributed by atoms with E-state index in [0.29, 0.717) is 0 Å². The number of benzene rings is 1. The first kappa shape index (κ1) is 11.2. The summed E-state index contributed by atoms with van der Waals surface area (Å²) in [5.74, 6) is 0.827. The molecule has 0 saturated carbocycles. The van der Waals surface area contributed by atoms with Gasteiger partial charge in [0.25, 0.3) is 0 Å². The van der Waals surface area contributed by atoms with E-state index in [1.165, 1.54) is 6.42 Å². The highest BCUT2D eigenvalue weighted by atomic mass is 35.5. The number of hydrogen-bond donors (Lipinski definition) is 1. The number of methoxy groups -OCH3 is 1. The molecule has 1 rings (SSSR count). The van der Waals surface area contributed by atoms with Gasteiger partial charge >= 0.3 is 0 Å². The molecule has 0 atom stereocenters. The van der Waals surface area contributed by atoms with Crippen LogP contribution in [0.3, 0.4) is 0 Å². The molecule has 78 valence electrons. The quantitative estimate of drug-likeness (QED) is 0.756. The molecular formula is C11H16ClNO. The average molecular weight is 214 g/mol. The van der Waals surface area contributed by atoms with Crippen molar-refractivity contribution in [3.63, 3.8) is 0 Å². The van der Waals surface area contributed by atoms with Gasteiger partial charge in [0.05, 0.1) is 17.8 Å². The van der Waals surface area contributed by atoms with Gasteiger partial charge in [0.2, 0.25) is 0 Å². The van der Waals surface area contributed by atoms with E-state index in [-0.39, 0.29) is 0 Å². The fourth-order valence-electron chi connectivity index (χ4n) is 1.17. The highest BCUT2D eigenvalue weighted by molar-refractivity contribution is 6.33. The Hall–Kier alpha value is -0.890. The van der Waals surface area contributed by atoms with Gasteiger partial charge < -0.3 is 10.1 Å². The summed E-state index contributed by atoms with van der Waals surface area (Å²) in [5.41, 5.74) is 0.944. The first-order chi connectivity index (χ1) is 6.77. The zero-order chi connectivity index (χ0) is 10.4. The Bertz CT molecular complexity index is 289. The van der Waals surface area contributed by atoms with Crippen LogP contribution in [-0.2, 0) is 0 Å². The smallest absolute Gasteiger partial charge is 0.121 e. The zero-order valence-electron chi connectivity index (χ0n) is 8.64. The molecule has 0 aliphatic carbocycles. The zero-order valence-corrected chi connectivity index (χ0v) is 9.40. The van der Waals surface area contributed by atoms with Crippen LogP contribution in [0.4, 0.5) is 5.69 Å². The molecule has 14 heavy (non-hydrogen) atoms. The van der Waals surface area contributed by atoms with E-state index < -0.39 is 0 Å². The lowest BCUT2D eigenvalue weighted by atomic mass is 10.2. The fraction of sp³-hybridized carbons (Fsp3) is 0.455. The summed E-state index contributed by atoms with van der Waals surface area (Å²) in [7, 11) is 1.65. The summed E-state index contributed by atoms with van der Waals surface area (Å²) in [4.78, 5) is 0. The van der Waals surface area contributed by atoms with E-state index in [1.807, 2.05) is 18.2 Å². The van der Waals surface area contributed by atoms with E-state index >= 15 is 0 Å². The highest BCUT2D eigenvalue weighted by Crippen LogP contribution is 2.26. The number of ether oxygens (including phenoxy) is 1. The van der Waals surface area contributed by atoms with E-state index in [9.17, 15) is 0 Å². The largest absolute Gasteiger partial charge is 0.497 e. The lowest BCUT2D eigenvalue weighted by Crippen LogP contribution is -2.01. The lowest BCUT2D eigenvalue weighted by molar-refractivity contribution is 0.415. The van der Waals surface area contributed by atoms with Gasteiger partial charge in [-0.25, -0.2) is 0 Å². The third kappa shape index (κ3) is 3.11. The van der Waals surface area contributed by atoms with E-state index in [2.05, 4.69) is 12.2 Å². The third-order valence-electron chi connectivity index (χ3n) is 2.02. The van der Waals surface area contributed by atoms with Crippen molar-refractivity contribution in [2.75, 3.05) is 19.0 Å². The minimum Gasteiger partial charge on any atom is -0.497 e. The number of rotatable bonds is 5. The van der Waals surface area contributed by atoms with Gasteiger partial charge in [-0.1, -0.05) is 24.9 Å². The lowest BCUT2D eigenvalue weighted by Gasteiger charge is -2.09. The van der Waals surface area contributed by atoms with E-state index in [1.54, 1.807) is 7.11 Å². The predicted molar refractivity (Wildman–Crippen MR) is 61.4 cm³/mol. The molecule has 0 spiro atoms. The van der Waals surface area contributed by atoms with Crippen LogP contribution in [0.15, 0.2) is 18.2 Å². The second-order valence-corrected chi connectivity index (χ2v) is 3.53. The Morgan fingerprint density at radius 1 is 1.43 bits per heavy atom. The summed E-state index contributed by atoms with van der Waals surface area (Å²) in [6, 6.07) is 5.61. The predicted octanol–water partition coefficient (Wildman–Crippen LogP) is 3.56. The minimum absolute atomic E-state index is 0.738. The van der Waals surface area contributed by atoms with Crippen LogP contribution >= 0.6 is 11.6 Å². The van der Waals surface area contributed by atoms with Crippen LogP contribution in [0.1, 0.15) is 19.8 Å². The summed E-state index contributed by atoms with van der Waals surface area (Å²) in [5, 5.41) is 4.01. The Labute approximate surface area is 90.2 Å². The molecule has 0 fully saturated rings. The normalized spacial score (nSPS) is 9.93. The van der Waals surface area contributed by atoms with Crippen molar-refractivity contribution >= 4 is 17.3 Å². The Balaban J connectivity index is 2.64. The van der Waals surface area contributed by atoms with Crippen LogP contribution in [0.25, 0.3) is 0 Å². The molecule has 0 saturated heterocycles. The molecule has 3 heteroatoms. The maximum atomic E-state index is 6.01. The second-order valence-electron chi connectivity index (χ2n) is 3.13. The fourth-order valence-corrected chi connectivity index (χ4v) is 1.35. The van der Waals surface area contributed by atoms with Crippen LogP contribution in [-0.4, -0.2) is 13.7 Å². The monoisotopic (exact) mass is 213 g/mol. The minimum atomic E-state index is 0.738. The molecule has 0 unspecified atom stereocenters. The molecule has 1 N–H and O–H groups in total. The summed E-state index contributed by atoms with van der Waals surface area (Å²) in [6.45, 7) is 3.11. The maximum absolute atomic E-state index is 6.01. The molecule has 2 nitrogen and oxygen atoms in total. The molecule has 0 aliphatic rings. The van der Waals surface area contributed by atoms with E-state index in [0.717, 1.165) is 29.4 Å². The SMILES string of the molecule is CCCCNc1cc(OC)ccc1Cl. The second kappa shape index (κ2) is 5.76. The molecular weight excluding hydrogens is 198 g/mol. The van der Waals surface area contributed by atoms with Gasteiger partial charge in [0.15, 0.2) is 0 Å². The van der Waals surface area contributed by atoms with Gasteiger partial charge in [0.1, 0.15) is 5.75 Å². The van der Waals surface area contributed by atoms with Gasteiger partial charge in [-0.3, -0.25) is 0 Å². The molecule has 1 aromatic rings. The van der Waals surface area contributed by atoms with Crippen molar-refractivity contribution in [1.29, 1.82) is 0 Å². The van der Waals surface area contributed by atoms with Crippen molar-refractivity contribution in [2.24, 2.45) is 0 Å². The van der Waals surface area contributed by atoms with Crippen LogP contribution < -0.4 is 10.1 Å². The molecule has 0 bridgehead atoms. The number of anilines is 1. The standard InChI is InChI=1S/C11H16ClNO/c1-3-4-7-13-11-8-9(14-2)5-6-10(11)12/h5-6,8,13H,3-4,7H2,1-2H3. The molecule has 0 heterocycles. The van der Waals surface area contributed by atoms with Gasteiger partial charge in [0, 0.05) is 12.6 Å². The summed E-state index contributed by atoms with van der Waals surface area (Å²) >= 11 is 6.01. The molecule has 0 amide bonds. The van der Waals surface area contributed by atoms with Crippen molar-refractivity contribution in [3.05, 3.63) is 23.2 Å². The van der Waals surface area contributed by atoms with Gasteiger partial charge in [-0.2, -0.15) is 0 Å². The molecule has 0 aromatic heterocycles.